The molecule has 1 amide bonds. The summed E-state index contributed by atoms with van der Waals surface area (Å²) in [7, 11) is 1.73. The van der Waals surface area contributed by atoms with Crippen LogP contribution in [0.2, 0.25) is 0 Å². The number of hydrogen-bond donors (Lipinski definition) is 1. The lowest BCUT2D eigenvalue weighted by Crippen LogP contribution is -2.34. The van der Waals surface area contributed by atoms with E-state index in [2.05, 4.69) is 45.0 Å². The molecule has 2 aromatic carbocycles. The fraction of sp³-hybridized carbons (Fsp3) is 0.379. The molecule has 0 saturated heterocycles. The Kier molecular flexibility index (Phi) is 7.98. The number of pyridine rings is 1. The average Bonchev–Trinajstić information content (AvgIpc) is 2.80. The molecule has 1 aromatic heterocycles. The summed E-state index contributed by atoms with van der Waals surface area (Å²) < 4.78 is 1.55. The molecule has 0 aliphatic heterocycles. The molecule has 180 valence electrons. The summed E-state index contributed by atoms with van der Waals surface area (Å²) in [6.45, 7) is 9.09. The Hall–Kier alpha value is -3.34. The van der Waals surface area contributed by atoms with Gasteiger partial charge in [0, 0.05) is 25.9 Å². The van der Waals surface area contributed by atoms with E-state index in [0.29, 0.717) is 12.5 Å². The van der Waals surface area contributed by atoms with Crippen LogP contribution in [0.3, 0.4) is 0 Å². The summed E-state index contributed by atoms with van der Waals surface area (Å²) in [5, 5.41) is 10.0. The van der Waals surface area contributed by atoms with Crippen LogP contribution < -0.4 is 5.56 Å². The van der Waals surface area contributed by atoms with E-state index in [-0.39, 0.29) is 17.0 Å². The Balaban J connectivity index is 1.76. The van der Waals surface area contributed by atoms with Gasteiger partial charge in [-0.2, -0.15) is 0 Å². The minimum atomic E-state index is -0.905. The second-order valence-electron chi connectivity index (χ2n) is 10.3. The molecular formula is C29H36N2O3. The van der Waals surface area contributed by atoms with Crippen LogP contribution in [0.15, 0.2) is 77.7 Å². The lowest BCUT2D eigenvalue weighted by atomic mass is 9.80. The van der Waals surface area contributed by atoms with E-state index in [0.717, 1.165) is 29.5 Å². The Morgan fingerprint density at radius 3 is 2.12 bits per heavy atom. The van der Waals surface area contributed by atoms with Crippen LogP contribution in [-0.4, -0.2) is 27.2 Å². The van der Waals surface area contributed by atoms with Gasteiger partial charge in [-0.05, 0) is 59.4 Å². The first-order chi connectivity index (χ1) is 16.0. The molecule has 1 heterocycles. The number of carboxylic acid groups (broad SMARTS) is 1. The van der Waals surface area contributed by atoms with Gasteiger partial charge in [0.05, 0.1) is 6.04 Å². The molecule has 0 aliphatic rings. The van der Waals surface area contributed by atoms with Crippen LogP contribution in [0.25, 0.3) is 11.1 Å². The second-order valence-corrected chi connectivity index (χ2v) is 10.3. The average molecular weight is 461 g/mol. The van der Waals surface area contributed by atoms with Gasteiger partial charge in [0.1, 0.15) is 0 Å². The molecule has 0 aliphatic carbocycles. The van der Waals surface area contributed by atoms with Crippen LogP contribution >= 0.6 is 0 Å². The van der Waals surface area contributed by atoms with E-state index >= 15 is 0 Å². The van der Waals surface area contributed by atoms with Gasteiger partial charge in [-0.3, -0.25) is 4.79 Å². The molecule has 0 bridgehead atoms. The molecule has 0 unspecified atom stereocenters. The van der Waals surface area contributed by atoms with Crippen LogP contribution in [0, 0.1) is 5.41 Å². The number of aryl methyl sites for hydroxylation is 1. The topological polar surface area (TPSA) is 62.5 Å². The smallest absolute Gasteiger partial charge is 0.407 e. The summed E-state index contributed by atoms with van der Waals surface area (Å²) in [6.07, 6.45) is 2.67. The van der Waals surface area contributed by atoms with E-state index in [9.17, 15) is 14.7 Å². The number of benzene rings is 2. The van der Waals surface area contributed by atoms with Gasteiger partial charge < -0.3 is 14.6 Å². The monoisotopic (exact) mass is 460 g/mol. The first kappa shape index (κ1) is 25.3. The third kappa shape index (κ3) is 6.60. The van der Waals surface area contributed by atoms with Gasteiger partial charge in [-0.1, -0.05) is 75.4 Å². The summed E-state index contributed by atoms with van der Waals surface area (Å²) in [5.74, 6) is 0.294. The Morgan fingerprint density at radius 2 is 1.56 bits per heavy atom. The Labute approximate surface area is 202 Å². The predicted octanol–water partition coefficient (Wildman–Crippen LogP) is 6.70. The molecule has 5 nitrogen and oxygen atoms in total. The lowest BCUT2D eigenvalue weighted by Gasteiger charge is -2.31. The molecule has 0 radical (unpaired) electrons. The summed E-state index contributed by atoms with van der Waals surface area (Å²) in [5.41, 5.74) is 4.25. The van der Waals surface area contributed by atoms with E-state index in [1.807, 2.05) is 49.5 Å². The van der Waals surface area contributed by atoms with Gasteiger partial charge in [0.15, 0.2) is 0 Å². The van der Waals surface area contributed by atoms with Crippen LogP contribution in [0.4, 0.5) is 4.79 Å². The minimum absolute atomic E-state index is 0.0497. The number of amides is 1. The number of nitrogens with zero attached hydrogens (tertiary/aromatic N) is 2. The van der Waals surface area contributed by atoms with Crippen molar-refractivity contribution >= 4 is 6.09 Å². The van der Waals surface area contributed by atoms with E-state index < -0.39 is 6.09 Å². The van der Waals surface area contributed by atoms with Gasteiger partial charge in [0.2, 0.25) is 5.56 Å². The quantitative estimate of drug-likeness (QED) is 0.407. The number of carbonyl (C=O) groups is 1. The highest BCUT2D eigenvalue weighted by molar-refractivity contribution is 5.66. The van der Waals surface area contributed by atoms with Crippen molar-refractivity contribution < 1.29 is 9.90 Å². The standard InChI is InChI=1S/C29H36N2O3/c1-21(22-11-13-24(14-12-22)26-15-16-27(32)30(5)20-26)31(28(33)34)18-17-25(19-29(2,3)4)23-9-7-6-8-10-23/h6-16,20-21,25H,17-19H2,1-5H3,(H,33,34)/t21-,25+/m0/s1. The zero-order valence-corrected chi connectivity index (χ0v) is 20.9. The fourth-order valence-electron chi connectivity index (χ4n) is 4.50. The molecule has 5 heteroatoms. The molecule has 2 atom stereocenters. The van der Waals surface area contributed by atoms with Crippen molar-refractivity contribution in [2.24, 2.45) is 12.5 Å². The molecule has 34 heavy (non-hydrogen) atoms. The first-order valence-corrected chi connectivity index (χ1v) is 11.9. The van der Waals surface area contributed by atoms with E-state index in [1.54, 1.807) is 22.6 Å². The molecule has 3 aromatic rings. The maximum Gasteiger partial charge on any atom is 0.407 e. The zero-order chi connectivity index (χ0) is 24.9. The molecule has 0 fully saturated rings. The summed E-state index contributed by atoms with van der Waals surface area (Å²) >= 11 is 0. The zero-order valence-electron chi connectivity index (χ0n) is 20.9. The van der Waals surface area contributed by atoms with Crippen molar-refractivity contribution in [3.8, 4) is 11.1 Å². The highest BCUT2D eigenvalue weighted by Crippen LogP contribution is 2.34. The van der Waals surface area contributed by atoms with Gasteiger partial charge in [0.25, 0.3) is 0 Å². The van der Waals surface area contributed by atoms with Crippen LogP contribution in [-0.2, 0) is 7.05 Å². The highest BCUT2D eigenvalue weighted by atomic mass is 16.4. The molecular weight excluding hydrogens is 424 g/mol. The van der Waals surface area contributed by atoms with Crippen molar-refractivity contribution in [2.75, 3.05) is 6.54 Å². The van der Waals surface area contributed by atoms with Crippen molar-refractivity contribution in [2.45, 2.75) is 52.5 Å². The second kappa shape index (κ2) is 10.7. The summed E-state index contributed by atoms with van der Waals surface area (Å²) in [4.78, 5) is 25.4. The van der Waals surface area contributed by atoms with Gasteiger partial charge >= 0.3 is 6.09 Å². The largest absolute Gasteiger partial charge is 0.465 e. The van der Waals surface area contributed by atoms with Crippen molar-refractivity contribution in [3.05, 3.63) is 94.4 Å². The first-order valence-electron chi connectivity index (χ1n) is 11.9. The molecule has 0 spiro atoms. The maximum absolute atomic E-state index is 12.2. The van der Waals surface area contributed by atoms with Crippen molar-refractivity contribution in [1.82, 2.24) is 9.47 Å². The maximum atomic E-state index is 12.2. The number of hydrogen-bond acceptors (Lipinski definition) is 2. The Bertz CT molecular complexity index is 1140. The SMILES string of the molecule is C[C@@H](c1ccc(-c2ccc(=O)n(C)c2)cc1)N(CC[C@H](CC(C)(C)C)c1ccccc1)C(=O)O. The number of rotatable bonds is 8. The van der Waals surface area contributed by atoms with Crippen molar-refractivity contribution in [3.63, 3.8) is 0 Å². The van der Waals surface area contributed by atoms with Crippen LogP contribution in [0.5, 0.6) is 0 Å². The predicted molar refractivity (Wildman–Crippen MR) is 138 cm³/mol. The van der Waals surface area contributed by atoms with Crippen molar-refractivity contribution in [1.29, 1.82) is 0 Å². The van der Waals surface area contributed by atoms with E-state index in [1.165, 1.54) is 5.56 Å². The highest BCUT2D eigenvalue weighted by Gasteiger charge is 2.25. The van der Waals surface area contributed by atoms with Gasteiger partial charge in [-0.15, -0.1) is 0 Å². The molecule has 0 saturated carbocycles. The van der Waals surface area contributed by atoms with Gasteiger partial charge in [-0.25, -0.2) is 4.79 Å². The molecule has 3 rings (SSSR count). The summed E-state index contributed by atoms with van der Waals surface area (Å²) in [6, 6.07) is 21.4. The normalized spacial score (nSPS) is 13.3. The fourth-order valence-corrected chi connectivity index (χ4v) is 4.50. The minimum Gasteiger partial charge on any atom is -0.465 e. The number of aromatic nitrogens is 1. The van der Waals surface area contributed by atoms with Crippen LogP contribution in [0.1, 0.15) is 63.6 Å². The van der Waals surface area contributed by atoms with E-state index in [4.69, 9.17) is 0 Å². The third-order valence-corrected chi connectivity index (χ3v) is 6.37. The lowest BCUT2D eigenvalue weighted by molar-refractivity contribution is 0.125. The Morgan fingerprint density at radius 1 is 0.941 bits per heavy atom. The third-order valence-electron chi connectivity index (χ3n) is 6.37. The molecule has 1 N–H and O–H groups in total.